The molecule has 3 unspecified atom stereocenters. The summed E-state index contributed by atoms with van der Waals surface area (Å²) in [5.41, 5.74) is 0. The molecule has 1 aliphatic carbocycles. The first kappa shape index (κ1) is 10.1. The zero-order valence-corrected chi connectivity index (χ0v) is 9.67. The Morgan fingerprint density at radius 1 is 0.800 bits per heavy atom. The van der Waals surface area contributed by atoms with Crippen molar-refractivity contribution in [3.8, 4) is 0 Å². The number of hydrogen-bond acceptors (Lipinski definition) is 2. The highest BCUT2D eigenvalue weighted by molar-refractivity contribution is 4.97. The Hall–Kier alpha value is -0.0800. The van der Waals surface area contributed by atoms with Crippen molar-refractivity contribution in [1.82, 2.24) is 10.6 Å². The van der Waals surface area contributed by atoms with Crippen LogP contribution in [-0.2, 0) is 0 Å². The number of hydrogen-bond donors (Lipinski definition) is 2. The first-order valence-corrected chi connectivity index (χ1v) is 6.90. The molecule has 2 heteroatoms. The number of rotatable bonds is 1. The second-order valence-corrected chi connectivity index (χ2v) is 5.77. The molecule has 3 rings (SSSR count). The summed E-state index contributed by atoms with van der Waals surface area (Å²) in [5.74, 6) is 1.94. The molecular weight excluding hydrogens is 184 g/mol. The standard InChI is InChI=1S/C13H24N2/c1-2-4-10(5-3-1)13-8-11-9-14-7-6-12(11)15-13/h10-15H,1-9H2. The molecule has 2 N–H and O–H groups in total. The van der Waals surface area contributed by atoms with Crippen LogP contribution < -0.4 is 10.6 Å². The van der Waals surface area contributed by atoms with Gasteiger partial charge in [-0.1, -0.05) is 19.3 Å². The van der Waals surface area contributed by atoms with Gasteiger partial charge in [0, 0.05) is 12.1 Å². The Kier molecular flexibility index (Phi) is 2.98. The highest BCUT2D eigenvalue weighted by atomic mass is 15.1. The van der Waals surface area contributed by atoms with Crippen LogP contribution in [0.1, 0.15) is 44.9 Å². The predicted molar refractivity (Wildman–Crippen MR) is 62.9 cm³/mol. The molecule has 2 aliphatic heterocycles. The molecule has 2 nitrogen and oxygen atoms in total. The van der Waals surface area contributed by atoms with Gasteiger partial charge in [0.1, 0.15) is 0 Å². The molecule has 0 amide bonds. The van der Waals surface area contributed by atoms with Crippen molar-refractivity contribution in [3.05, 3.63) is 0 Å². The lowest BCUT2D eigenvalue weighted by Gasteiger charge is -2.28. The smallest absolute Gasteiger partial charge is 0.0123 e. The molecule has 0 bridgehead atoms. The van der Waals surface area contributed by atoms with E-state index in [1.807, 2.05) is 0 Å². The Morgan fingerprint density at radius 2 is 1.67 bits per heavy atom. The van der Waals surface area contributed by atoms with Gasteiger partial charge in [0.25, 0.3) is 0 Å². The van der Waals surface area contributed by atoms with Crippen molar-refractivity contribution in [2.75, 3.05) is 13.1 Å². The van der Waals surface area contributed by atoms with E-state index in [-0.39, 0.29) is 0 Å². The maximum atomic E-state index is 3.92. The first-order chi connectivity index (χ1) is 7.43. The van der Waals surface area contributed by atoms with E-state index in [2.05, 4.69) is 10.6 Å². The van der Waals surface area contributed by atoms with Gasteiger partial charge in [0.2, 0.25) is 0 Å². The fraction of sp³-hybridized carbons (Fsp3) is 1.00. The molecule has 0 radical (unpaired) electrons. The van der Waals surface area contributed by atoms with Crippen molar-refractivity contribution >= 4 is 0 Å². The topological polar surface area (TPSA) is 24.1 Å². The van der Waals surface area contributed by atoms with Gasteiger partial charge >= 0.3 is 0 Å². The minimum atomic E-state index is 0.846. The lowest BCUT2D eigenvalue weighted by atomic mass is 9.82. The highest BCUT2D eigenvalue weighted by Crippen LogP contribution is 2.34. The van der Waals surface area contributed by atoms with Crippen molar-refractivity contribution in [2.45, 2.75) is 57.0 Å². The summed E-state index contributed by atoms with van der Waals surface area (Å²) < 4.78 is 0. The summed E-state index contributed by atoms with van der Waals surface area (Å²) in [6.45, 7) is 2.49. The zero-order chi connectivity index (χ0) is 10.1. The summed E-state index contributed by atoms with van der Waals surface area (Å²) >= 11 is 0. The molecule has 15 heavy (non-hydrogen) atoms. The van der Waals surface area contributed by atoms with Crippen molar-refractivity contribution in [2.24, 2.45) is 11.8 Å². The second kappa shape index (κ2) is 4.42. The van der Waals surface area contributed by atoms with Crippen LogP contribution in [0.3, 0.4) is 0 Å². The average Bonchev–Trinajstić information content (AvgIpc) is 2.74. The van der Waals surface area contributed by atoms with Gasteiger partial charge in [-0.2, -0.15) is 0 Å². The van der Waals surface area contributed by atoms with Gasteiger partial charge in [-0.05, 0) is 50.6 Å². The van der Waals surface area contributed by atoms with Crippen LogP contribution in [0, 0.1) is 11.8 Å². The molecule has 2 saturated heterocycles. The monoisotopic (exact) mass is 208 g/mol. The summed E-state index contributed by atoms with van der Waals surface area (Å²) in [6, 6.07) is 1.71. The van der Waals surface area contributed by atoms with Crippen LogP contribution >= 0.6 is 0 Å². The predicted octanol–water partition coefficient (Wildman–Crippen LogP) is 1.91. The van der Waals surface area contributed by atoms with E-state index in [4.69, 9.17) is 0 Å². The van der Waals surface area contributed by atoms with E-state index >= 15 is 0 Å². The minimum absolute atomic E-state index is 0.846. The second-order valence-electron chi connectivity index (χ2n) is 5.77. The Bertz CT molecular complexity index is 197. The molecule has 2 heterocycles. The van der Waals surface area contributed by atoms with Crippen molar-refractivity contribution in [3.63, 3.8) is 0 Å². The van der Waals surface area contributed by atoms with Gasteiger partial charge in [0.05, 0.1) is 0 Å². The van der Waals surface area contributed by atoms with E-state index < -0.39 is 0 Å². The Labute approximate surface area is 93.2 Å². The first-order valence-electron chi connectivity index (χ1n) is 6.90. The third-order valence-electron chi connectivity index (χ3n) is 4.81. The number of piperidine rings is 1. The third-order valence-corrected chi connectivity index (χ3v) is 4.81. The van der Waals surface area contributed by atoms with Crippen LogP contribution in [0.2, 0.25) is 0 Å². The van der Waals surface area contributed by atoms with Crippen molar-refractivity contribution in [1.29, 1.82) is 0 Å². The van der Waals surface area contributed by atoms with Gasteiger partial charge in [0.15, 0.2) is 0 Å². The third kappa shape index (κ3) is 2.07. The van der Waals surface area contributed by atoms with Gasteiger partial charge in [-0.15, -0.1) is 0 Å². The fourth-order valence-electron chi connectivity index (χ4n) is 3.92. The van der Waals surface area contributed by atoms with Crippen LogP contribution in [0.15, 0.2) is 0 Å². The van der Waals surface area contributed by atoms with Gasteiger partial charge in [-0.25, -0.2) is 0 Å². The Morgan fingerprint density at radius 3 is 2.47 bits per heavy atom. The maximum Gasteiger partial charge on any atom is 0.0123 e. The summed E-state index contributed by atoms with van der Waals surface area (Å²) in [5, 5.41) is 7.46. The van der Waals surface area contributed by atoms with Gasteiger partial charge < -0.3 is 10.6 Å². The van der Waals surface area contributed by atoms with Crippen molar-refractivity contribution < 1.29 is 0 Å². The summed E-state index contributed by atoms with van der Waals surface area (Å²) in [4.78, 5) is 0. The van der Waals surface area contributed by atoms with E-state index in [1.54, 1.807) is 0 Å². The molecule has 0 aromatic heterocycles. The molecular formula is C13H24N2. The fourth-order valence-corrected chi connectivity index (χ4v) is 3.92. The number of fused-ring (bicyclic) bond motifs is 1. The maximum absolute atomic E-state index is 3.92. The van der Waals surface area contributed by atoms with E-state index in [9.17, 15) is 0 Å². The molecule has 0 aromatic rings. The highest BCUT2D eigenvalue weighted by Gasteiger charge is 2.38. The average molecular weight is 208 g/mol. The molecule has 0 spiro atoms. The lowest BCUT2D eigenvalue weighted by Crippen LogP contribution is -2.43. The van der Waals surface area contributed by atoms with Crippen LogP contribution in [0.4, 0.5) is 0 Å². The molecule has 0 aromatic carbocycles. The summed E-state index contributed by atoms with van der Waals surface area (Å²) in [7, 11) is 0. The lowest BCUT2D eigenvalue weighted by molar-refractivity contribution is 0.280. The Balaban J connectivity index is 1.59. The quantitative estimate of drug-likeness (QED) is 0.688. The number of nitrogens with one attached hydrogen (secondary N) is 2. The molecule has 3 fully saturated rings. The normalized spacial score (nSPS) is 42.8. The van der Waals surface area contributed by atoms with Crippen LogP contribution in [-0.4, -0.2) is 25.2 Å². The zero-order valence-electron chi connectivity index (χ0n) is 9.67. The van der Waals surface area contributed by atoms with Crippen LogP contribution in [0.5, 0.6) is 0 Å². The largest absolute Gasteiger partial charge is 0.316 e. The molecule has 3 atom stereocenters. The molecule has 1 saturated carbocycles. The van der Waals surface area contributed by atoms with E-state index in [1.165, 1.54) is 58.0 Å². The minimum Gasteiger partial charge on any atom is -0.316 e. The van der Waals surface area contributed by atoms with E-state index in [0.29, 0.717) is 0 Å². The molecule has 3 aliphatic rings. The van der Waals surface area contributed by atoms with Gasteiger partial charge in [-0.3, -0.25) is 0 Å². The summed E-state index contributed by atoms with van der Waals surface area (Å²) in [6.07, 6.45) is 10.2. The SMILES string of the molecule is C1CCC(C2CC3CNCCC3N2)CC1. The molecule has 86 valence electrons. The van der Waals surface area contributed by atoms with Crippen LogP contribution in [0.25, 0.3) is 0 Å². The van der Waals surface area contributed by atoms with E-state index in [0.717, 1.165) is 23.9 Å².